The van der Waals surface area contributed by atoms with E-state index in [9.17, 15) is 40.3 Å². The fraction of sp³-hybridized carbons (Fsp3) is 0.286. The minimum absolute atomic E-state index is 0.0802. The Morgan fingerprint density at radius 3 is 2.29 bits per heavy atom. The number of ether oxygens (including phenoxy) is 1. The Hall–Kier alpha value is -3.64. The summed E-state index contributed by atoms with van der Waals surface area (Å²) in [6, 6.07) is 6.58. The van der Waals surface area contributed by atoms with E-state index in [0.717, 1.165) is 16.5 Å². The van der Waals surface area contributed by atoms with Gasteiger partial charge in [-0.1, -0.05) is 18.2 Å². The SMILES string of the molecule is CC(C)(OC(=O)C(F)(F)F)C(NC(=O)c1nc(-c2cccc(F)c2)c2ccccn12)C(F)(F)F. The fourth-order valence-electron chi connectivity index (χ4n) is 3.25. The van der Waals surface area contributed by atoms with Gasteiger partial charge in [-0.2, -0.15) is 26.3 Å². The van der Waals surface area contributed by atoms with Crippen LogP contribution >= 0.6 is 0 Å². The summed E-state index contributed by atoms with van der Waals surface area (Å²) in [5.74, 6) is -5.43. The molecule has 2 heterocycles. The highest BCUT2D eigenvalue weighted by atomic mass is 19.4. The molecule has 0 radical (unpaired) electrons. The molecule has 3 aromatic rings. The first-order valence-electron chi connectivity index (χ1n) is 9.52. The molecule has 1 N–H and O–H groups in total. The van der Waals surface area contributed by atoms with Crippen LogP contribution in [0.25, 0.3) is 16.8 Å². The molecule has 0 saturated heterocycles. The summed E-state index contributed by atoms with van der Waals surface area (Å²) in [5, 5.41) is 1.57. The second-order valence-corrected chi connectivity index (χ2v) is 7.69. The summed E-state index contributed by atoms with van der Waals surface area (Å²) < 4.78 is 97.6. The molecule has 0 spiro atoms. The zero-order valence-corrected chi connectivity index (χ0v) is 17.5. The molecule has 1 atom stereocenters. The molecule has 0 saturated carbocycles. The first-order chi connectivity index (χ1) is 15.6. The Labute approximate surface area is 187 Å². The third kappa shape index (κ3) is 5.13. The van der Waals surface area contributed by atoms with Gasteiger partial charge in [-0.3, -0.25) is 9.20 Å². The molecule has 0 aliphatic rings. The van der Waals surface area contributed by atoms with E-state index in [1.807, 2.05) is 0 Å². The molecule has 0 aliphatic carbocycles. The number of esters is 1. The van der Waals surface area contributed by atoms with Crippen LogP contribution in [-0.2, 0) is 9.53 Å². The molecule has 2 aromatic heterocycles. The summed E-state index contributed by atoms with van der Waals surface area (Å²) in [5.41, 5.74) is -2.27. The molecule has 0 fully saturated rings. The monoisotopic (exact) mass is 491 g/mol. The molecule has 0 bridgehead atoms. The molecular weight excluding hydrogens is 475 g/mol. The number of carbonyl (C=O) groups is 2. The molecule has 0 aliphatic heterocycles. The van der Waals surface area contributed by atoms with Gasteiger partial charge in [0.15, 0.2) is 6.04 Å². The zero-order valence-electron chi connectivity index (χ0n) is 17.5. The number of amides is 1. The van der Waals surface area contributed by atoms with Gasteiger partial charge >= 0.3 is 18.3 Å². The number of alkyl halides is 6. The highest BCUT2D eigenvalue weighted by Gasteiger charge is 2.55. The summed E-state index contributed by atoms with van der Waals surface area (Å²) in [6.07, 6.45) is -9.53. The van der Waals surface area contributed by atoms with Gasteiger partial charge in [0.2, 0.25) is 5.82 Å². The van der Waals surface area contributed by atoms with Crippen molar-refractivity contribution in [1.82, 2.24) is 14.7 Å². The lowest BCUT2D eigenvalue weighted by atomic mass is 9.97. The third-order valence-electron chi connectivity index (χ3n) is 4.73. The molecule has 6 nitrogen and oxygen atoms in total. The van der Waals surface area contributed by atoms with Gasteiger partial charge in [0, 0.05) is 11.8 Å². The number of hydrogen-bond donors (Lipinski definition) is 1. The molecule has 182 valence electrons. The van der Waals surface area contributed by atoms with Crippen LogP contribution in [0, 0.1) is 5.82 Å². The van der Waals surface area contributed by atoms with E-state index in [0.29, 0.717) is 13.8 Å². The highest BCUT2D eigenvalue weighted by Crippen LogP contribution is 2.33. The molecule has 1 aromatic carbocycles. The summed E-state index contributed by atoms with van der Waals surface area (Å²) in [6.45, 7) is 1.16. The molecule has 13 heteroatoms. The van der Waals surface area contributed by atoms with Crippen molar-refractivity contribution in [3.8, 4) is 11.3 Å². The molecule has 1 unspecified atom stereocenters. The largest absolute Gasteiger partial charge is 0.490 e. The lowest BCUT2D eigenvalue weighted by Crippen LogP contribution is -2.60. The first kappa shape index (κ1) is 25.0. The van der Waals surface area contributed by atoms with E-state index in [-0.39, 0.29) is 16.8 Å². The van der Waals surface area contributed by atoms with Gasteiger partial charge in [0.25, 0.3) is 5.91 Å². The van der Waals surface area contributed by atoms with E-state index in [1.165, 1.54) is 30.5 Å². The van der Waals surface area contributed by atoms with Crippen molar-refractivity contribution in [3.05, 3.63) is 60.3 Å². The number of rotatable bonds is 5. The van der Waals surface area contributed by atoms with Gasteiger partial charge in [0.05, 0.1) is 11.2 Å². The molecular formula is C21H16F7N3O3. The number of fused-ring (bicyclic) bond motifs is 1. The Bertz CT molecular complexity index is 1230. The Kier molecular flexibility index (Phi) is 6.33. The normalized spacial score (nSPS) is 13.6. The minimum Gasteiger partial charge on any atom is -0.450 e. The van der Waals surface area contributed by atoms with E-state index >= 15 is 0 Å². The van der Waals surface area contributed by atoms with Crippen molar-refractivity contribution in [2.45, 2.75) is 37.8 Å². The van der Waals surface area contributed by atoms with Gasteiger partial charge in [-0.15, -0.1) is 0 Å². The van der Waals surface area contributed by atoms with Gasteiger partial charge < -0.3 is 10.1 Å². The highest BCUT2D eigenvalue weighted by molar-refractivity contribution is 5.95. The second kappa shape index (κ2) is 8.61. The first-order valence-corrected chi connectivity index (χ1v) is 9.52. The maximum absolute atomic E-state index is 13.7. The average molecular weight is 491 g/mol. The fourth-order valence-corrected chi connectivity index (χ4v) is 3.25. The van der Waals surface area contributed by atoms with Crippen molar-refractivity contribution in [3.63, 3.8) is 0 Å². The van der Waals surface area contributed by atoms with Crippen LogP contribution in [0.15, 0.2) is 48.7 Å². The van der Waals surface area contributed by atoms with Gasteiger partial charge in [-0.05, 0) is 38.1 Å². The number of halogens is 7. The van der Waals surface area contributed by atoms with Gasteiger partial charge in [0.1, 0.15) is 11.4 Å². The Morgan fingerprint density at radius 1 is 1.03 bits per heavy atom. The number of imidazole rings is 1. The number of nitrogens with zero attached hydrogens (tertiary/aromatic N) is 2. The van der Waals surface area contributed by atoms with E-state index < -0.39 is 47.5 Å². The number of aromatic nitrogens is 2. The van der Waals surface area contributed by atoms with Crippen molar-refractivity contribution in [1.29, 1.82) is 0 Å². The van der Waals surface area contributed by atoms with Crippen LogP contribution in [0.2, 0.25) is 0 Å². The van der Waals surface area contributed by atoms with Crippen LogP contribution in [0.4, 0.5) is 30.7 Å². The van der Waals surface area contributed by atoms with Crippen molar-refractivity contribution in [2.75, 3.05) is 0 Å². The topological polar surface area (TPSA) is 72.7 Å². The lowest BCUT2D eigenvalue weighted by molar-refractivity contribution is -0.233. The number of nitrogens with one attached hydrogen (secondary N) is 1. The maximum Gasteiger partial charge on any atom is 0.490 e. The van der Waals surface area contributed by atoms with E-state index in [2.05, 4.69) is 9.72 Å². The number of carbonyl (C=O) groups excluding carboxylic acids is 2. The van der Waals surface area contributed by atoms with Crippen LogP contribution in [-0.4, -0.2) is 45.3 Å². The molecule has 3 rings (SSSR count). The predicted octanol–water partition coefficient (Wildman–Crippen LogP) is 4.69. The third-order valence-corrected chi connectivity index (χ3v) is 4.73. The summed E-state index contributed by atoms with van der Waals surface area (Å²) in [7, 11) is 0. The van der Waals surface area contributed by atoms with Crippen molar-refractivity contribution < 1.29 is 45.1 Å². The standard InChI is InChI=1S/C21H16F7N3O3/c1-19(2,34-18(33)21(26,27)28)17(20(23,24)25)30-16(32)15-29-14(11-6-5-7-12(22)10-11)13-8-3-4-9-31(13)15/h3-10,17H,1-2H3,(H,30,32). The van der Waals surface area contributed by atoms with Crippen LogP contribution in [0.5, 0.6) is 0 Å². The van der Waals surface area contributed by atoms with Crippen LogP contribution < -0.4 is 5.32 Å². The predicted molar refractivity (Wildman–Crippen MR) is 104 cm³/mol. The second-order valence-electron chi connectivity index (χ2n) is 7.69. The van der Waals surface area contributed by atoms with E-state index in [1.54, 1.807) is 11.4 Å². The zero-order chi connectivity index (χ0) is 25.5. The molecule has 1 amide bonds. The van der Waals surface area contributed by atoms with Crippen LogP contribution in [0.1, 0.15) is 24.5 Å². The number of hydrogen-bond acceptors (Lipinski definition) is 4. The minimum atomic E-state index is -5.55. The number of benzene rings is 1. The summed E-state index contributed by atoms with van der Waals surface area (Å²) >= 11 is 0. The van der Waals surface area contributed by atoms with Crippen molar-refractivity contribution in [2.24, 2.45) is 0 Å². The molecule has 34 heavy (non-hydrogen) atoms. The average Bonchev–Trinajstić information content (AvgIpc) is 3.10. The Morgan fingerprint density at radius 2 is 1.71 bits per heavy atom. The maximum atomic E-state index is 13.7. The van der Waals surface area contributed by atoms with Gasteiger partial charge in [-0.25, -0.2) is 14.2 Å². The quantitative estimate of drug-likeness (QED) is 0.416. The van der Waals surface area contributed by atoms with Crippen molar-refractivity contribution >= 4 is 17.4 Å². The number of pyridine rings is 1. The smallest absolute Gasteiger partial charge is 0.450 e. The van der Waals surface area contributed by atoms with Crippen LogP contribution in [0.3, 0.4) is 0 Å². The Balaban J connectivity index is 2.01. The van der Waals surface area contributed by atoms with E-state index in [4.69, 9.17) is 0 Å². The summed E-state index contributed by atoms with van der Waals surface area (Å²) in [4.78, 5) is 28.0. The lowest BCUT2D eigenvalue weighted by Gasteiger charge is -2.35.